The second-order valence-electron chi connectivity index (χ2n) is 4.03. The molecular formula is C10H26N2O3Si. The van der Waals surface area contributed by atoms with Gasteiger partial charge in [-0.05, 0) is 39.4 Å². The van der Waals surface area contributed by atoms with Crippen molar-refractivity contribution in [1.82, 2.24) is 0 Å². The summed E-state index contributed by atoms with van der Waals surface area (Å²) in [6, 6.07) is 0.684. The van der Waals surface area contributed by atoms with Crippen LogP contribution in [-0.2, 0) is 8.85 Å². The second kappa shape index (κ2) is 8.16. The third-order valence-electron chi connectivity index (χ3n) is 2.55. The quantitative estimate of drug-likeness (QED) is 0.406. The minimum absolute atomic E-state index is 0.0419. The maximum Gasteiger partial charge on any atom is 0.335 e. The largest absolute Gasteiger partial charge is 0.395 e. The van der Waals surface area contributed by atoms with Gasteiger partial charge in [0, 0.05) is 19.1 Å². The van der Waals surface area contributed by atoms with Crippen molar-refractivity contribution in [2.75, 3.05) is 19.8 Å². The highest BCUT2D eigenvalue weighted by Crippen LogP contribution is 2.23. The van der Waals surface area contributed by atoms with Crippen LogP contribution in [0.2, 0.25) is 12.6 Å². The number of aliphatic hydroxyl groups is 1. The fourth-order valence-electron chi connectivity index (χ4n) is 1.85. The van der Waals surface area contributed by atoms with Crippen LogP contribution in [0.4, 0.5) is 0 Å². The summed E-state index contributed by atoms with van der Waals surface area (Å²) in [5.74, 6) is -0.0419. The summed E-state index contributed by atoms with van der Waals surface area (Å²) in [6.45, 7) is 7.66. The molecule has 0 aromatic heterocycles. The Morgan fingerprint density at radius 3 is 2.06 bits per heavy atom. The summed E-state index contributed by atoms with van der Waals surface area (Å²) in [7, 11) is -2.21. The first-order valence-electron chi connectivity index (χ1n) is 5.90. The fraction of sp³-hybridized carbons (Fsp3) is 1.00. The first-order chi connectivity index (χ1) is 7.49. The van der Waals surface area contributed by atoms with E-state index in [0.29, 0.717) is 32.2 Å². The van der Waals surface area contributed by atoms with E-state index in [-0.39, 0.29) is 5.92 Å². The zero-order chi connectivity index (χ0) is 12.6. The summed E-state index contributed by atoms with van der Waals surface area (Å²) in [5.41, 5.74) is 11.0. The van der Waals surface area contributed by atoms with Gasteiger partial charge >= 0.3 is 8.56 Å². The van der Waals surface area contributed by atoms with Crippen molar-refractivity contribution in [2.24, 2.45) is 17.4 Å². The molecule has 2 atom stereocenters. The molecular weight excluding hydrogens is 224 g/mol. The lowest BCUT2D eigenvalue weighted by Crippen LogP contribution is -2.44. The average molecular weight is 250 g/mol. The predicted molar refractivity (Wildman–Crippen MR) is 67.0 cm³/mol. The van der Waals surface area contributed by atoms with Crippen molar-refractivity contribution in [3.8, 4) is 0 Å². The van der Waals surface area contributed by atoms with Crippen LogP contribution in [0.3, 0.4) is 0 Å². The summed E-state index contributed by atoms with van der Waals surface area (Å²) >= 11 is 0. The van der Waals surface area contributed by atoms with Crippen molar-refractivity contribution in [3.05, 3.63) is 0 Å². The number of hydrogen-bond donors (Lipinski definition) is 3. The first-order valence-corrected chi connectivity index (χ1v) is 8.43. The van der Waals surface area contributed by atoms with Gasteiger partial charge in [-0.2, -0.15) is 0 Å². The van der Waals surface area contributed by atoms with E-state index in [0.717, 1.165) is 0 Å². The number of aliphatic hydroxyl groups excluding tert-OH is 1. The molecule has 6 heteroatoms. The lowest BCUT2D eigenvalue weighted by molar-refractivity contribution is 0.105. The third kappa shape index (κ3) is 5.93. The van der Waals surface area contributed by atoms with Crippen LogP contribution in [0.1, 0.15) is 20.3 Å². The van der Waals surface area contributed by atoms with E-state index < -0.39 is 14.8 Å². The van der Waals surface area contributed by atoms with Crippen LogP contribution in [0.25, 0.3) is 0 Å². The van der Waals surface area contributed by atoms with E-state index in [1.54, 1.807) is 0 Å². The van der Waals surface area contributed by atoms with Gasteiger partial charge in [0.1, 0.15) is 6.23 Å². The third-order valence-corrected chi connectivity index (χ3v) is 5.62. The van der Waals surface area contributed by atoms with Gasteiger partial charge in [0.15, 0.2) is 0 Å². The Labute approximate surface area is 99.4 Å². The zero-order valence-corrected chi connectivity index (χ0v) is 11.6. The van der Waals surface area contributed by atoms with E-state index in [1.165, 1.54) is 0 Å². The Morgan fingerprint density at radius 2 is 1.75 bits per heavy atom. The molecule has 0 spiro atoms. The Balaban J connectivity index is 4.43. The molecule has 0 heterocycles. The van der Waals surface area contributed by atoms with E-state index >= 15 is 0 Å². The molecule has 0 saturated heterocycles. The smallest absolute Gasteiger partial charge is 0.335 e. The zero-order valence-electron chi connectivity index (χ0n) is 10.6. The molecule has 5 nitrogen and oxygen atoms in total. The lowest BCUT2D eigenvalue weighted by Gasteiger charge is -2.31. The Morgan fingerprint density at radius 1 is 1.25 bits per heavy atom. The molecule has 2 unspecified atom stereocenters. The highest BCUT2D eigenvalue weighted by Gasteiger charge is 2.35. The first kappa shape index (κ1) is 16.0. The number of nitrogens with two attached hydrogens (primary N) is 2. The second-order valence-corrected chi connectivity index (χ2v) is 7.29. The number of hydrogen-bond acceptors (Lipinski definition) is 5. The summed E-state index contributed by atoms with van der Waals surface area (Å²) < 4.78 is 11.4. The predicted octanol–water partition coefficient (Wildman–Crippen LogP) is 0.374. The highest BCUT2D eigenvalue weighted by molar-refractivity contribution is 6.66. The molecule has 0 aliphatic carbocycles. The molecule has 5 N–H and O–H groups in total. The van der Waals surface area contributed by atoms with E-state index in [1.807, 2.05) is 20.4 Å². The van der Waals surface area contributed by atoms with Gasteiger partial charge in [0.05, 0.1) is 0 Å². The molecule has 0 radical (unpaired) electrons. The minimum atomic E-state index is -2.21. The van der Waals surface area contributed by atoms with Crippen LogP contribution in [0, 0.1) is 5.92 Å². The van der Waals surface area contributed by atoms with Gasteiger partial charge in [0.25, 0.3) is 0 Å². The van der Waals surface area contributed by atoms with Crippen LogP contribution < -0.4 is 11.5 Å². The number of rotatable bonds is 9. The minimum Gasteiger partial charge on any atom is -0.395 e. The lowest BCUT2D eigenvalue weighted by atomic mass is 10.1. The molecule has 0 aliphatic rings. The van der Waals surface area contributed by atoms with Crippen LogP contribution in [0.5, 0.6) is 0 Å². The topological polar surface area (TPSA) is 90.7 Å². The van der Waals surface area contributed by atoms with Gasteiger partial charge < -0.3 is 25.4 Å². The van der Waals surface area contributed by atoms with Crippen LogP contribution in [0.15, 0.2) is 0 Å². The van der Waals surface area contributed by atoms with Crippen molar-refractivity contribution < 1.29 is 14.0 Å². The van der Waals surface area contributed by atoms with E-state index in [2.05, 4.69) is 0 Å². The van der Waals surface area contributed by atoms with Crippen LogP contribution in [-0.4, -0.2) is 39.7 Å². The van der Waals surface area contributed by atoms with E-state index in [4.69, 9.17) is 20.3 Å². The molecule has 0 aromatic rings. The Hall–Kier alpha value is 0.0169. The SMILES string of the molecule is CCO[Si](C)(CC(CCN)C(N)O)OCC. The summed E-state index contributed by atoms with van der Waals surface area (Å²) in [5, 5.41) is 9.48. The average Bonchev–Trinajstić information content (AvgIpc) is 2.17. The Bertz CT molecular complexity index is 175. The van der Waals surface area contributed by atoms with Gasteiger partial charge in [-0.1, -0.05) is 0 Å². The van der Waals surface area contributed by atoms with Crippen molar-refractivity contribution in [2.45, 2.75) is 39.1 Å². The summed E-state index contributed by atoms with van der Waals surface area (Å²) in [6.07, 6.45) is -0.156. The Kier molecular flexibility index (Phi) is 8.17. The highest BCUT2D eigenvalue weighted by atomic mass is 28.4. The maximum absolute atomic E-state index is 9.48. The molecule has 0 amide bonds. The molecule has 0 saturated carbocycles. The van der Waals surface area contributed by atoms with Gasteiger partial charge in [-0.3, -0.25) is 0 Å². The van der Waals surface area contributed by atoms with Gasteiger partial charge in [-0.15, -0.1) is 0 Å². The van der Waals surface area contributed by atoms with Gasteiger partial charge in [0.2, 0.25) is 0 Å². The molecule has 98 valence electrons. The van der Waals surface area contributed by atoms with Crippen molar-refractivity contribution in [1.29, 1.82) is 0 Å². The van der Waals surface area contributed by atoms with E-state index in [9.17, 15) is 5.11 Å². The van der Waals surface area contributed by atoms with Crippen molar-refractivity contribution in [3.63, 3.8) is 0 Å². The normalized spacial score (nSPS) is 16.1. The van der Waals surface area contributed by atoms with Crippen LogP contribution >= 0.6 is 0 Å². The summed E-state index contributed by atoms with van der Waals surface area (Å²) in [4.78, 5) is 0. The molecule has 16 heavy (non-hydrogen) atoms. The molecule has 0 bridgehead atoms. The standard InChI is InChI=1S/C10H26N2O3Si/c1-4-14-16(3,15-5-2)8-9(6-7-11)10(12)13/h9-10,13H,4-8,11-12H2,1-3H3. The van der Waals surface area contributed by atoms with Gasteiger partial charge in [-0.25, -0.2) is 0 Å². The molecule has 0 rings (SSSR count). The maximum atomic E-state index is 9.48. The van der Waals surface area contributed by atoms with Crippen molar-refractivity contribution >= 4 is 8.56 Å². The molecule has 0 aliphatic heterocycles. The molecule has 0 fully saturated rings. The fourth-order valence-corrected chi connectivity index (χ4v) is 4.79. The monoisotopic (exact) mass is 250 g/mol. The molecule has 0 aromatic carbocycles.